The van der Waals surface area contributed by atoms with Crippen molar-refractivity contribution in [3.63, 3.8) is 0 Å². The second-order valence-electron chi connectivity index (χ2n) is 5.92. The third-order valence-corrected chi connectivity index (χ3v) is 4.10. The SMILES string of the molecule is COc1cc(N[C@H]2CC(=O)N(Cc3ccccc3C(F)(F)F)C2)ncn1. The number of aromatic nitrogens is 2. The minimum atomic E-state index is -4.45. The zero-order chi connectivity index (χ0) is 18.7. The highest BCUT2D eigenvalue weighted by Crippen LogP contribution is 2.33. The third-order valence-electron chi connectivity index (χ3n) is 4.10. The van der Waals surface area contributed by atoms with Crippen LogP contribution < -0.4 is 10.1 Å². The van der Waals surface area contributed by atoms with E-state index < -0.39 is 11.7 Å². The molecule has 2 aromatic rings. The van der Waals surface area contributed by atoms with Crippen LogP contribution in [0.4, 0.5) is 19.0 Å². The predicted molar refractivity (Wildman–Crippen MR) is 87.5 cm³/mol. The summed E-state index contributed by atoms with van der Waals surface area (Å²) in [6.07, 6.45) is -2.94. The van der Waals surface area contributed by atoms with Gasteiger partial charge in [-0.05, 0) is 11.6 Å². The van der Waals surface area contributed by atoms with Gasteiger partial charge in [0.1, 0.15) is 12.1 Å². The van der Waals surface area contributed by atoms with Gasteiger partial charge in [-0.2, -0.15) is 13.2 Å². The number of benzene rings is 1. The summed E-state index contributed by atoms with van der Waals surface area (Å²) in [5.74, 6) is 0.662. The Morgan fingerprint density at radius 3 is 2.81 bits per heavy atom. The van der Waals surface area contributed by atoms with E-state index in [4.69, 9.17) is 4.74 Å². The zero-order valence-electron chi connectivity index (χ0n) is 14.0. The number of halogens is 3. The molecule has 0 saturated carbocycles. The minimum absolute atomic E-state index is 0.0812. The fraction of sp³-hybridized carbons (Fsp3) is 0.353. The summed E-state index contributed by atoms with van der Waals surface area (Å²) in [7, 11) is 1.48. The van der Waals surface area contributed by atoms with Crippen molar-refractivity contribution < 1.29 is 22.7 Å². The van der Waals surface area contributed by atoms with Crippen molar-refractivity contribution in [2.75, 3.05) is 19.0 Å². The summed E-state index contributed by atoms with van der Waals surface area (Å²) in [5, 5.41) is 3.09. The Morgan fingerprint density at radius 1 is 1.31 bits per heavy atom. The van der Waals surface area contributed by atoms with Gasteiger partial charge < -0.3 is 15.0 Å². The molecule has 1 aliphatic heterocycles. The van der Waals surface area contributed by atoms with Crippen LogP contribution in [0.2, 0.25) is 0 Å². The van der Waals surface area contributed by atoms with Crippen molar-refractivity contribution in [1.82, 2.24) is 14.9 Å². The summed E-state index contributed by atoms with van der Waals surface area (Å²) >= 11 is 0. The first-order chi connectivity index (χ1) is 12.4. The van der Waals surface area contributed by atoms with E-state index in [1.807, 2.05) is 0 Å². The second kappa shape index (κ2) is 7.19. The van der Waals surface area contributed by atoms with Crippen LogP contribution in [0.1, 0.15) is 17.5 Å². The van der Waals surface area contributed by atoms with Crippen molar-refractivity contribution in [3.05, 3.63) is 47.8 Å². The molecule has 1 fully saturated rings. The van der Waals surface area contributed by atoms with E-state index in [9.17, 15) is 18.0 Å². The van der Waals surface area contributed by atoms with Gasteiger partial charge in [-0.1, -0.05) is 18.2 Å². The Kier molecular flexibility index (Phi) is 4.97. The second-order valence-corrected chi connectivity index (χ2v) is 5.92. The van der Waals surface area contributed by atoms with E-state index in [1.54, 1.807) is 6.07 Å². The molecule has 3 rings (SSSR count). The van der Waals surface area contributed by atoms with Crippen molar-refractivity contribution in [3.8, 4) is 5.88 Å². The van der Waals surface area contributed by atoms with E-state index in [1.165, 1.54) is 36.5 Å². The summed E-state index contributed by atoms with van der Waals surface area (Å²) in [5.41, 5.74) is -0.637. The van der Waals surface area contributed by atoms with E-state index >= 15 is 0 Å². The summed E-state index contributed by atoms with van der Waals surface area (Å²) < 4.78 is 44.4. The van der Waals surface area contributed by atoms with E-state index in [-0.39, 0.29) is 37.0 Å². The van der Waals surface area contributed by atoms with Gasteiger partial charge in [0.25, 0.3) is 0 Å². The molecule has 1 aliphatic rings. The maximum Gasteiger partial charge on any atom is 0.416 e. The minimum Gasteiger partial charge on any atom is -0.481 e. The molecule has 6 nitrogen and oxygen atoms in total. The molecule has 9 heteroatoms. The number of alkyl halides is 3. The van der Waals surface area contributed by atoms with E-state index in [2.05, 4.69) is 15.3 Å². The zero-order valence-corrected chi connectivity index (χ0v) is 14.0. The Hall–Kier alpha value is -2.84. The standard InChI is InChI=1S/C17H17F3N4O2/c1-26-15-7-14(21-10-22-15)23-12-6-16(25)24(9-12)8-11-4-2-3-5-13(11)17(18,19)20/h2-5,7,10,12H,6,8-9H2,1H3,(H,21,22,23)/t12-/m0/s1. The van der Waals surface area contributed by atoms with Crippen LogP contribution >= 0.6 is 0 Å². The van der Waals surface area contributed by atoms with Crippen molar-refractivity contribution in [2.24, 2.45) is 0 Å². The van der Waals surface area contributed by atoms with Gasteiger partial charge in [-0.15, -0.1) is 0 Å². The highest BCUT2D eigenvalue weighted by molar-refractivity contribution is 5.80. The van der Waals surface area contributed by atoms with Crippen molar-refractivity contribution in [2.45, 2.75) is 25.2 Å². The quantitative estimate of drug-likeness (QED) is 0.881. The first-order valence-corrected chi connectivity index (χ1v) is 7.92. The first kappa shape index (κ1) is 18.0. The van der Waals surface area contributed by atoms with Gasteiger partial charge in [-0.25, -0.2) is 9.97 Å². The number of methoxy groups -OCH3 is 1. The van der Waals surface area contributed by atoms with Gasteiger partial charge in [0.15, 0.2) is 0 Å². The number of carbonyl (C=O) groups excluding carboxylic acids is 1. The Morgan fingerprint density at radius 2 is 2.08 bits per heavy atom. The van der Waals surface area contributed by atoms with Crippen molar-refractivity contribution in [1.29, 1.82) is 0 Å². The number of nitrogens with zero attached hydrogens (tertiary/aromatic N) is 3. The maximum atomic E-state index is 13.1. The molecule has 1 atom stereocenters. The monoisotopic (exact) mass is 366 g/mol. The van der Waals surface area contributed by atoms with Gasteiger partial charge in [-0.3, -0.25) is 4.79 Å². The van der Waals surface area contributed by atoms with Crippen molar-refractivity contribution >= 4 is 11.7 Å². The van der Waals surface area contributed by atoms with Gasteiger partial charge >= 0.3 is 6.18 Å². The number of nitrogens with one attached hydrogen (secondary N) is 1. The van der Waals surface area contributed by atoms with Crippen LogP contribution in [0.15, 0.2) is 36.7 Å². The number of likely N-dealkylation sites (tertiary alicyclic amines) is 1. The molecule has 0 spiro atoms. The van der Waals surface area contributed by atoms with Crippen LogP contribution in [-0.2, 0) is 17.5 Å². The van der Waals surface area contributed by atoms with Crippen LogP contribution in [0.5, 0.6) is 5.88 Å². The normalized spacial score (nSPS) is 17.5. The third kappa shape index (κ3) is 4.04. The Balaban J connectivity index is 1.69. The molecule has 0 aliphatic carbocycles. The molecule has 1 saturated heterocycles. The smallest absolute Gasteiger partial charge is 0.416 e. The fourth-order valence-electron chi connectivity index (χ4n) is 2.90. The molecular formula is C17H17F3N4O2. The molecule has 1 aromatic heterocycles. The number of hydrogen-bond donors (Lipinski definition) is 1. The van der Waals surface area contributed by atoms with Gasteiger partial charge in [0, 0.05) is 25.6 Å². The summed E-state index contributed by atoms with van der Waals surface area (Å²) in [4.78, 5) is 21.6. The highest BCUT2D eigenvalue weighted by Gasteiger charge is 2.35. The predicted octanol–water partition coefficient (Wildman–Crippen LogP) is 2.72. The molecule has 0 bridgehead atoms. The van der Waals surface area contributed by atoms with Gasteiger partial charge in [0.05, 0.1) is 18.7 Å². The molecule has 1 amide bonds. The molecule has 26 heavy (non-hydrogen) atoms. The van der Waals surface area contributed by atoms with E-state index in [0.717, 1.165) is 6.07 Å². The number of hydrogen-bond acceptors (Lipinski definition) is 5. The molecule has 2 heterocycles. The lowest BCUT2D eigenvalue weighted by Crippen LogP contribution is -2.28. The average molecular weight is 366 g/mol. The van der Waals surface area contributed by atoms with Crippen LogP contribution in [0.25, 0.3) is 0 Å². The van der Waals surface area contributed by atoms with Crippen LogP contribution in [-0.4, -0.2) is 40.5 Å². The largest absolute Gasteiger partial charge is 0.481 e. The summed E-state index contributed by atoms with van der Waals surface area (Å²) in [6, 6.07) is 6.64. The van der Waals surface area contributed by atoms with Crippen LogP contribution in [0.3, 0.4) is 0 Å². The number of carbonyl (C=O) groups is 1. The van der Waals surface area contributed by atoms with E-state index in [0.29, 0.717) is 11.7 Å². The molecule has 1 aromatic carbocycles. The molecule has 0 radical (unpaired) electrons. The van der Waals surface area contributed by atoms with Crippen LogP contribution in [0, 0.1) is 0 Å². The number of amides is 1. The average Bonchev–Trinajstić information content (AvgIpc) is 2.93. The number of rotatable bonds is 5. The van der Waals surface area contributed by atoms with Gasteiger partial charge in [0.2, 0.25) is 11.8 Å². The Labute approximate surface area is 148 Å². The lowest BCUT2D eigenvalue weighted by Gasteiger charge is -2.20. The molecule has 138 valence electrons. The number of ether oxygens (including phenoxy) is 1. The molecular weight excluding hydrogens is 349 g/mol. The Bertz CT molecular complexity index is 798. The topological polar surface area (TPSA) is 67.3 Å². The first-order valence-electron chi connectivity index (χ1n) is 7.92. The maximum absolute atomic E-state index is 13.1. The fourth-order valence-corrected chi connectivity index (χ4v) is 2.90. The lowest BCUT2D eigenvalue weighted by molar-refractivity contribution is -0.139. The molecule has 1 N–H and O–H groups in total. The summed E-state index contributed by atoms with van der Waals surface area (Å²) in [6.45, 7) is 0.205. The number of anilines is 1. The molecule has 0 unspecified atom stereocenters. The highest BCUT2D eigenvalue weighted by atomic mass is 19.4. The lowest BCUT2D eigenvalue weighted by atomic mass is 10.1.